The highest BCUT2D eigenvalue weighted by atomic mass is 79.9. The molecule has 2 heterocycles. The number of nitrogens with two attached hydrogens (primary N) is 1. The van der Waals surface area contributed by atoms with Gasteiger partial charge in [0.25, 0.3) is 0 Å². The number of nitrogens with zero attached hydrogens (tertiary/aromatic N) is 3. The van der Waals surface area contributed by atoms with E-state index in [1.807, 2.05) is 18.3 Å². The largest absolute Gasteiger partial charge is 0.354 e. The number of hydrogen-bond acceptors (Lipinski definition) is 3. The molecule has 1 aromatic heterocycles. The molecule has 2 amide bonds. The first-order valence-corrected chi connectivity index (χ1v) is 7.78. The molecule has 0 saturated carbocycles. The second-order valence-electron chi connectivity index (χ2n) is 5.14. The maximum atomic E-state index is 11.3. The molecular weight excluding hydrogens is 332 g/mol. The van der Waals surface area contributed by atoms with E-state index in [1.165, 1.54) is 0 Å². The van der Waals surface area contributed by atoms with Crippen LogP contribution >= 0.6 is 15.9 Å². The molecule has 0 unspecified atom stereocenters. The molecule has 1 aliphatic rings. The molecule has 2 aromatic rings. The summed E-state index contributed by atoms with van der Waals surface area (Å²) in [6.07, 6.45) is 2.74. The van der Waals surface area contributed by atoms with E-state index in [9.17, 15) is 4.79 Å². The summed E-state index contributed by atoms with van der Waals surface area (Å²) < 4.78 is 0.996. The molecular formula is C15H17BrN4O. The third-order valence-electron chi connectivity index (χ3n) is 3.83. The molecule has 21 heavy (non-hydrogen) atoms. The summed E-state index contributed by atoms with van der Waals surface area (Å²) in [6.45, 7) is 2.98. The molecule has 6 heteroatoms. The number of carbonyl (C=O) groups is 1. The van der Waals surface area contributed by atoms with Gasteiger partial charge < -0.3 is 15.5 Å². The van der Waals surface area contributed by atoms with Crippen LogP contribution in [0.3, 0.4) is 0 Å². The Morgan fingerprint density at radius 1 is 1.14 bits per heavy atom. The van der Waals surface area contributed by atoms with Crippen LogP contribution < -0.4 is 10.6 Å². The van der Waals surface area contributed by atoms with Gasteiger partial charge in [0.1, 0.15) is 5.82 Å². The zero-order valence-corrected chi connectivity index (χ0v) is 13.2. The Morgan fingerprint density at radius 3 is 2.67 bits per heavy atom. The predicted molar refractivity (Wildman–Crippen MR) is 87.4 cm³/mol. The van der Waals surface area contributed by atoms with Gasteiger partial charge in [0, 0.05) is 47.6 Å². The summed E-state index contributed by atoms with van der Waals surface area (Å²) in [7, 11) is 0. The fraction of sp³-hybridized carbons (Fsp3) is 0.333. The molecule has 3 rings (SSSR count). The van der Waals surface area contributed by atoms with Gasteiger partial charge in [-0.15, -0.1) is 0 Å². The standard InChI is InChI=1S/C15H17BrN4O/c16-13-10-18-14(12-5-2-1-4-11(12)13)19-6-3-7-20(9-8-19)15(17)21/h1-2,4-5,10H,3,6-9H2,(H2,17,21). The number of pyridine rings is 1. The van der Waals surface area contributed by atoms with E-state index >= 15 is 0 Å². The summed E-state index contributed by atoms with van der Waals surface area (Å²) in [5.74, 6) is 0.972. The van der Waals surface area contributed by atoms with Crippen molar-refractivity contribution in [2.24, 2.45) is 5.73 Å². The van der Waals surface area contributed by atoms with Gasteiger partial charge in [-0.2, -0.15) is 0 Å². The Kier molecular flexibility index (Phi) is 3.96. The lowest BCUT2D eigenvalue weighted by atomic mass is 10.1. The van der Waals surface area contributed by atoms with Crippen LogP contribution in [0, 0.1) is 0 Å². The monoisotopic (exact) mass is 348 g/mol. The van der Waals surface area contributed by atoms with Crippen molar-refractivity contribution in [2.75, 3.05) is 31.1 Å². The Morgan fingerprint density at radius 2 is 1.90 bits per heavy atom. The number of fused-ring (bicyclic) bond motifs is 1. The van der Waals surface area contributed by atoms with Crippen LogP contribution in [0.5, 0.6) is 0 Å². The van der Waals surface area contributed by atoms with Gasteiger partial charge in [0.05, 0.1) is 0 Å². The first-order chi connectivity index (χ1) is 10.2. The van der Waals surface area contributed by atoms with Crippen LogP contribution in [-0.4, -0.2) is 42.1 Å². The summed E-state index contributed by atoms with van der Waals surface area (Å²) in [5, 5.41) is 2.28. The van der Waals surface area contributed by atoms with Gasteiger partial charge in [-0.3, -0.25) is 0 Å². The van der Waals surface area contributed by atoms with E-state index in [0.717, 1.165) is 40.6 Å². The maximum absolute atomic E-state index is 11.3. The Hall–Kier alpha value is -1.82. The van der Waals surface area contributed by atoms with Crippen molar-refractivity contribution in [1.29, 1.82) is 0 Å². The zero-order valence-electron chi connectivity index (χ0n) is 11.6. The fourth-order valence-corrected chi connectivity index (χ4v) is 3.19. The van der Waals surface area contributed by atoms with Crippen molar-refractivity contribution in [1.82, 2.24) is 9.88 Å². The lowest BCUT2D eigenvalue weighted by molar-refractivity contribution is 0.211. The van der Waals surface area contributed by atoms with Gasteiger partial charge >= 0.3 is 6.03 Å². The van der Waals surface area contributed by atoms with Gasteiger partial charge in [-0.25, -0.2) is 9.78 Å². The molecule has 0 radical (unpaired) electrons. The Balaban J connectivity index is 1.94. The van der Waals surface area contributed by atoms with E-state index in [-0.39, 0.29) is 6.03 Å². The van der Waals surface area contributed by atoms with E-state index in [1.54, 1.807) is 4.90 Å². The fourth-order valence-electron chi connectivity index (χ4n) is 2.74. The number of primary amides is 1. The number of anilines is 1. The molecule has 1 fully saturated rings. The van der Waals surface area contributed by atoms with Gasteiger partial charge in [0.15, 0.2) is 0 Å². The van der Waals surface area contributed by atoms with E-state index < -0.39 is 0 Å². The van der Waals surface area contributed by atoms with Crippen LogP contribution in [0.15, 0.2) is 34.9 Å². The summed E-state index contributed by atoms with van der Waals surface area (Å²) in [5.41, 5.74) is 5.38. The quantitative estimate of drug-likeness (QED) is 0.861. The van der Waals surface area contributed by atoms with Crippen LogP contribution in [0.4, 0.5) is 10.6 Å². The molecule has 1 aromatic carbocycles. The first-order valence-electron chi connectivity index (χ1n) is 6.99. The number of amides is 2. The second kappa shape index (κ2) is 5.89. The molecule has 2 N–H and O–H groups in total. The topological polar surface area (TPSA) is 62.5 Å². The Labute approximate surface area is 131 Å². The number of aromatic nitrogens is 1. The third kappa shape index (κ3) is 2.81. The van der Waals surface area contributed by atoms with Crippen LogP contribution in [0.25, 0.3) is 10.8 Å². The molecule has 0 atom stereocenters. The minimum absolute atomic E-state index is 0.342. The molecule has 5 nitrogen and oxygen atoms in total. The maximum Gasteiger partial charge on any atom is 0.314 e. The number of urea groups is 1. The average Bonchev–Trinajstić information content (AvgIpc) is 2.74. The molecule has 0 spiro atoms. The van der Waals surface area contributed by atoms with E-state index in [0.29, 0.717) is 13.1 Å². The lowest BCUT2D eigenvalue weighted by Crippen LogP contribution is -2.38. The van der Waals surface area contributed by atoms with Crippen molar-refractivity contribution in [2.45, 2.75) is 6.42 Å². The van der Waals surface area contributed by atoms with Crippen molar-refractivity contribution < 1.29 is 4.79 Å². The molecule has 110 valence electrons. The highest BCUT2D eigenvalue weighted by Gasteiger charge is 2.19. The number of halogens is 1. The first kappa shape index (κ1) is 14.1. The number of carbonyl (C=O) groups excluding carboxylic acids is 1. The van der Waals surface area contributed by atoms with Gasteiger partial charge in [0.2, 0.25) is 0 Å². The molecule has 1 saturated heterocycles. The number of hydrogen-bond donors (Lipinski definition) is 1. The molecule has 0 aliphatic carbocycles. The third-order valence-corrected chi connectivity index (χ3v) is 4.46. The SMILES string of the molecule is NC(=O)N1CCCN(c2ncc(Br)c3ccccc23)CC1. The smallest absolute Gasteiger partial charge is 0.314 e. The Bertz CT molecular complexity index is 676. The summed E-state index contributed by atoms with van der Waals surface area (Å²) in [4.78, 5) is 19.8. The summed E-state index contributed by atoms with van der Waals surface area (Å²) in [6, 6.07) is 7.87. The van der Waals surface area contributed by atoms with Crippen LogP contribution in [0.2, 0.25) is 0 Å². The molecule has 1 aliphatic heterocycles. The van der Waals surface area contributed by atoms with Crippen molar-refractivity contribution >= 4 is 38.6 Å². The van der Waals surface area contributed by atoms with Gasteiger partial charge in [-0.05, 0) is 22.4 Å². The van der Waals surface area contributed by atoms with E-state index in [4.69, 9.17) is 5.73 Å². The number of benzene rings is 1. The highest BCUT2D eigenvalue weighted by Crippen LogP contribution is 2.30. The zero-order chi connectivity index (χ0) is 14.8. The lowest BCUT2D eigenvalue weighted by Gasteiger charge is -2.23. The minimum atomic E-state index is -0.342. The number of rotatable bonds is 1. The predicted octanol–water partition coefficient (Wildman–Crippen LogP) is 2.59. The average molecular weight is 349 g/mol. The minimum Gasteiger partial charge on any atom is -0.354 e. The highest BCUT2D eigenvalue weighted by molar-refractivity contribution is 9.10. The van der Waals surface area contributed by atoms with Crippen molar-refractivity contribution in [3.05, 3.63) is 34.9 Å². The van der Waals surface area contributed by atoms with E-state index in [2.05, 4.69) is 37.9 Å². The summed E-state index contributed by atoms with van der Waals surface area (Å²) >= 11 is 3.55. The normalized spacial score (nSPS) is 16.0. The molecule has 0 bridgehead atoms. The van der Waals surface area contributed by atoms with Crippen LogP contribution in [0.1, 0.15) is 6.42 Å². The second-order valence-corrected chi connectivity index (χ2v) is 6.00. The van der Waals surface area contributed by atoms with Crippen molar-refractivity contribution in [3.63, 3.8) is 0 Å². The van der Waals surface area contributed by atoms with Gasteiger partial charge in [-0.1, -0.05) is 24.3 Å². The van der Waals surface area contributed by atoms with Crippen LogP contribution in [-0.2, 0) is 0 Å². The van der Waals surface area contributed by atoms with Crippen molar-refractivity contribution in [3.8, 4) is 0 Å².